The van der Waals surface area contributed by atoms with E-state index in [0.717, 1.165) is 12.1 Å². The predicted molar refractivity (Wildman–Crippen MR) is 80.6 cm³/mol. The third-order valence-corrected chi connectivity index (χ3v) is 4.82. The standard InChI is InChI=1S/C14H15ClN2O2S/c1-3-11-6-4-9-14(16-11)17-20(18,19)13-8-5-7-12(15)10(13)2/h4-9H,3H2,1-2H3,(H,16,17). The summed E-state index contributed by atoms with van der Waals surface area (Å²) in [5, 5.41) is 0.420. The van der Waals surface area contributed by atoms with Crippen molar-refractivity contribution in [1.29, 1.82) is 0 Å². The average Bonchev–Trinajstić information content (AvgIpc) is 2.41. The highest BCUT2D eigenvalue weighted by atomic mass is 35.5. The molecule has 0 aliphatic rings. The number of sulfonamides is 1. The van der Waals surface area contributed by atoms with Gasteiger partial charge in [0.1, 0.15) is 5.82 Å². The Morgan fingerprint density at radius 3 is 2.60 bits per heavy atom. The molecule has 0 atom stereocenters. The third-order valence-electron chi connectivity index (χ3n) is 2.92. The monoisotopic (exact) mass is 310 g/mol. The number of nitrogens with zero attached hydrogens (tertiary/aromatic N) is 1. The molecule has 1 aromatic heterocycles. The van der Waals surface area contributed by atoms with Crippen molar-refractivity contribution in [1.82, 2.24) is 4.98 Å². The number of hydrogen-bond acceptors (Lipinski definition) is 3. The Morgan fingerprint density at radius 1 is 1.20 bits per heavy atom. The second kappa shape index (κ2) is 5.81. The van der Waals surface area contributed by atoms with Crippen LogP contribution in [-0.4, -0.2) is 13.4 Å². The van der Waals surface area contributed by atoms with Gasteiger partial charge < -0.3 is 0 Å². The molecule has 2 rings (SSSR count). The quantitative estimate of drug-likeness (QED) is 0.941. The van der Waals surface area contributed by atoms with Gasteiger partial charge in [-0.25, -0.2) is 13.4 Å². The number of pyridine rings is 1. The molecule has 0 amide bonds. The highest BCUT2D eigenvalue weighted by Gasteiger charge is 2.18. The van der Waals surface area contributed by atoms with Crippen molar-refractivity contribution in [2.24, 2.45) is 0 Å². The van der Waals surface area contributed by atoms with Crippen molar-refractivity contribution in [3.63, 3.8) is 0 Å². The summed E-state index contributed by atoms with van der Waals surface area (Å²) >= 11 is 5.96. The van der Waals surface area contributed by atoms with E-state index in [4.69, 9.17) is 11.6 Å². The zero-order valence-electron chi connectivity index (χ0n) is 11.2. The Bertz CT molecular complexity index is 730. The maximum Gasteiger partial charge on any atom is 0.263 e. The van der Waals surface area contributed by atoms with Crippen molar-refractivity contribution in [2.45, 2.75) is 25.2 Å². The largest absolute Gasteiger partial charge is 0.263 e. The molecule has 0 aliphatic heterocycles. The molecule has 4 nitrogen and oxygen atoms in total. The van der Waals surface area contributed by atoms with Gasteiger partial charge in [0.05, 0.1) is 4.90 Å². The molecule has 0 aliphatic carbocycles. The summed E-state index contributed by atoms with van der Waals surface area (Å²) in [7, 11) is -3.69. The van der Waals surface area contributed by atoms with Gasteiger partial charge in [0.2, 0.25) is 0 Å². The molecular weight excluding hydrogens is 296 g/mol. The van der Waals surface area contributed by atoms with E-state index in [0.29, 0.717) is 16.4 Å². The van der Waals surface area contributed by atoms with E-state index < -0.39 is 10.0 Å². The number of nitrogens with one attached hydrogen (secondary N) is 1. The lowest BCUT2D eigenvalue weighted by Crippen LogP contribution is -2.15. The minimum absolute atomic E-state index is 0.161. The van der Waals surface area contributed by atoms with Gasteiger partial charge in [0, 0.05) is 10.7 Å². The maximum atomic E-state index is 12.4. The number of rotatable bonds is 4. The predicted octanol–water partition coefficient (Wildman–Crippen LogP) is 3.41. The van der Waals surface area contributed by atoms with E-state index in [1.807, 2.05) is 13.0 Å². The minimum atomic E-state index is -3.69. The van der Waals surface area contributed by atoms with Crippen LogP contribution in [0.4, 0.5) is 5.82 Å². The molecule has 1 aromatic carbocycles. The van der Waals surface area contributed by atoms with Crippen LogP contribution in [0.5, 0.6) is 0 Å². The topological polar surface area (TPSA) is 59.1 Å². The van der Waals surface area contributed by atoms with Gasteiger partial charge in [-0.05, 0) is 43.2 Å². The molecule has 0 saturated carbocycles. The Hall–Kier alpha value is -1.59. The van der Waals surface area contributed by atoms with Gasteiger partial charge in [-0.3, -0.25) is 4.72 Å². The first-order valence-corrected chi connectivity index (χ1v) is 8.04. The summed E-state index contributed by atoms with van der Waals surface area (Å²) in [5.41, 5.74) is 1.35. The summed E-state index contributed by atoms with van der Waals surface area (Å²) in [6.07, 6.45) is 0.742. The molecule has 0 unspecified atom stereocenters. The summed E-state index contributed by atoms with van der Waals surface area (Å²) in [6, 6.07) is 10.0. The van der Waals surface area contributed by atoms with Crippen molar-refractivity contribution in [2.75, 3.05) is 4.72 Å². The third kappa shape index (κ3) is 3.11. The zero-order valence-corrected chi connectivity index (χ0v) is 12.8. The number of hydrogen-bond donors (Lipinski definition) is 1. The van der Waals surface area contributed by atoms with Crippen molar-refractivity contribution in [3.8, 4) is 0 Å². The number of aryl methyl sites for hydroxylation is 1. The van der Waals surface area contributed by atoms with Crippen LogP contribution >= 0.6 is 11.6 Å². The molecule has 1 heterocycles. The van der Waals surface area contributed by atoms with Crippen LogP contribution in [0.3, 0.4) is 0 Å². The Morgan fingerprint density at radius 2 is 1.90 bits per heavy atom. The summed E-state index contributed by atoms with van der Waals surface area (Å²) in [5.74, 6) is 0.309. The highest BCUT2D eigenvalue weighted by molar-refractivity contribution is 7.92. The summed E-state index contributed by atoms with van der Waals surface area (Å²) in [6.45, 7) is 3.63. The number of aromatic nitrogens is 1. The van der Waals surface area contributed by atoms with E-state index in [2.05, 4.69) is 9.71 Å². The first kappa shape index (κ1) is 14.8. The molecule has 20 heavy (non-hydrogen) atoms. The van der Waals surface area contributed by atoms with E-state index in [1.165, 1.54) is 6.07 Å². The lowest BCUT2D eigenvalue weighted by molar-refractivity contribution is 0.600. The zero-order chi connectivity index (χ0) is 14.8. The van der Waals surface area contributed by atoms with Gasteiger partial charge in [-0.15, -0.1) is 0 Å². The highest BCUT2D eigenvalue weighted by Crippen LogP contribution is 2.24. The molecule has 1 N–H and O–H groups in total. The van der Waals surface area contributed by atoms with Crippen molar-refractivity contribution < 1.29 is 8.42 Å². The molecule has 106 valence electrons. The minimum Gasteiger partial charge on any atom is -0.263 e. The van der Waals surface area contributed by atoms with Crippen LogP contribution in [0, 0.1) is 6.92 Å². The molecule has 2 aromatic rings. The lowest BCUT2D eigenvalue weighted by atomic mass is 10.2. The fourth-order valence-electron chi connectivity index (χ4n) is 1.80. The molecule has 6 heteroatoms. The first-order valence-electron chi connectivity index (χ1n) is 6.18. The fourth-order valence-corrected chi connectivity index (χ4v) is 3.31. The maximum absolute atomic E-state index is 12.4. The fraction of sp³-hybridized carbons (Fsp3) is 0.214. The van der Waals surface area contributed by atoms with Crippen LogP contribution in [0.25, 0.3) is 0 Å². The lowest BCUT2D eigenvalue weighted by Gasteiger charge is -2.11. The van der Waals surface area contributed by atoms with Gasteiger partial charge in [0.15, 0.2) is 0 Å². The SMILES string of the molecule is CCc1cccc(NS(=O)(=O)c2cccc(Cl)c2C)n1. The second-order valence-corrected chi connectivity index (χ2v) is 6.39. The average molecular weight is 311 g/mol. The van der Waals surface area contributed by atoms with Crippen molar-refractivity contribution >= 4 is 27.4 Å². The molecule has 0 saturated heterocycles. The first-order chi connectivity index (χ1) is 9.44. The Labute approximate surface area is 123 Å². The Kier molecular flexibility index (Phi) is 4.30. The number of benzene rings is 1. The smallest absolute Gasteiger partial charge is 0.263 e. The van der Waals surface area contributed by atoms with Gasteiger partial charge in [0.25, 0.3) is 10.0 Å². The summed E-state index contributed by atoms with van der Waals surface area (Å²) < 4.78 is 27.2. The van der Waals surface area contributed by atoms with E-state index >= 15 is 0 Å². The molecular formula is C14H15ClN2O2S. The second-order valence-electron chi connectivity index (χ2n) is 4.34. The van der Waals surface area contributed by atoms with E-state index in [1.54, 1.807) is 31.2 Å². The van der Waals surface area contributed by atoms with Gasteiger partial charge in [-0.2, -0.15) is 0 Å². The van der Waals surface area contributed by atoms with Gasteiger partial charge >= 0.3 is 0 Å². The van der Waals surface area contributed by atoms with E-state index in [-0.39, 0.29) is 4.90 Å². The van der Waals surface area contributed by atoms with Crippen LogP contribution in [0.15, 0.2) is 41.3 Å². The summed E-state index contributed by atoms with van der Waals surface area (Å²) in [4.78, 5) is 4.39. The van der Waals surface area contributed by atoms with Crippen LogP contribution in [0.1, 0.15) is 18.2 Å². The normalized spacial score (nSPS) is 11.3. The van der Waals surface area contributed by atoms with Gasteiger partial charge in [-0.1, -0.05) is 30.7 Å². The molecule has 0 fully saturated rings. The van der Waals surface area contributed by atoms with Crippen LogP contribution < -0.4 is 4.72 Å². The van der Waals surface area contributed by atoms with Crippen LogP contribution in [-0.2, 0) is 16.4 Å². The number of halogens is 1. The Balaban J connectivity index is 2.38. The van der Waals surface area contributed by atoms with Crippen molar-refractivity contribution in [3.05, 3.63) is 52.7 Å². The molecule has 0 bridgehead atoms. The number of anilines is 1. The van der Waals surface area contributed by atoms with E-state index in [9.17, 15) is 8.42 Å². The van der Waals surface area contributed by atoms with Crippen LogP contribution in [0.2, 0.25) is 5.02 Å². The molecule has 0 spiro atoms. The molecule has 0 radical (unpaired) electrons.